The van der Waals surface area contributed by atoms with Gasteiger partial charge in [-0.15, -0.1) is 0 Å². The molecule has 72 valence electrons. The van der Waals surface area contributed by atoms with Crippen molar-refractivity contribution in [3.63, 3.8) is 0 Å². The number of pyridine rings is 1. The van der Waals surface area contributed by atoms with Crippen LogP contribution >= 0.6 is 15.9 Å². The summed E-state index contributed by atoms with van der Waals surface area (Å²) < 4.78 is 5.48. The van der Waals surface area contributed by atoms with Crippen LogP contribution < -0.4 is 0 Å². The van der Waals surface area contributed by atoms with Crippen LogP contribution in [0.4, 0.5) is 0 Å². The second kappa shape index (κ2) is 3.42. The zero-order valence-electron chi connectivity index (χ0n) is 7.37. The Kier molecular flexibility index (Phi) is 2.25. The number of ether oxygens (including phenoxy) is 1. The van der Waals surface area contributed by atoms with Gasteiger partial charge in [-0.2, -0.15) is 0 Å². The van der Waals surface area contributed by atoms with E-state index in [1.165, 1.54) is 13.3 Å². The number of carbonyl (C=O) groups is 1. The highest BCUT2D eigenvalue weighted by atomic mass is 79.9. The quantitative estimate of drug-likeness (QED) is 0.794. The van der Waals surface area contributed by atoms with Crippen LogP contribution in [0.25, 0.3) is 11.0 Å². The highest BCUT2D eigenvalue weighted by Gasteiger charge is 2.09. The average Bonchev–Trinajstić information content (AvgIpc) is 2.59. The highest BCUT2D eigenvalue weighted by Crippen LogP contribution is 2.22. The summed E-state index contributed by atoms with van der Waals surface area (Å²) in [5.74, 6) is -0.382. The summed E-state index contributed by atoms with van der Waals surface area (Å²) in [7, 11) is 1.35. The summed E-state index contributed by atoms with van der Waals surface area (Å²) in [6.07, 6.45) is 3.26. The third kappa shape index (κ3) is 1.39. The number of esters is 1. The first-order valence-electron chi connectivity index (χ1n) is 3.93. The third-order valence-electron chi connectivity index (χ3n) is 1.90. The zero-order valence-corrected chi connectivity index (χ0v) is 8.96. The molecular weight excluding hydrogens is 248 g/mol. The topological polar surface area (TPSA) is 55.0 Å². The molecule has 0 bridgehead atoms. The van der Waals surface area contributed by atoms with Crippen LogP contribution in [0.1, 0.15) is 10.4 Å². The fraction of sp³-hybridized carbons (Fsp3) is 0.111. The van der Waals surface area contributed by atoms with Crippen LogP contribution in [0.2, 0.25) is 0 Å². The predicted molar refractivity (Wildman–Crippen MR) is 55.1 cm³/mol. The number of nitrogens with one attached hydrogen (secondary N) is 1. The van der Waals surface area contributed by atoms with Crippen molar-refractivity contribution in [1.29, 1.82) is 0 Å². The van der Waals surface area contributed by atoms with E-state index in [0.717, 1.165) is 15.5 Å². The molecule has 0 amide bonds. The number of H-pyrrole nitrogens is 1. The molecule has 0 aliphatic carbocycles. The molecule has 2 aromatic heterocycles. The lowest BCUT2D eigenvalue weighted by Gasteiger charge is -1.98. The van der Waals surface area contributed by atoms with E-state index in [-0.39, 0.29) is 5.97 Å². The maximum Gasteiger partial charge on any atom is 0.339 e. The second-order valence-corrected chi connectivity index (χ2v) is 3.60. The van der Waals surface area contributed by atoms with E-state index in [9.17, 15) is 4.79 Å². The normalized spacial score (nSPS) is 10.4. The Hall–Kier alpha value is -1.36. The van der Waals surface area contributed by atoms with Crippen LogP contribution in [0, 0.1) is 0 Å². The number of methoxy groups -OCH3 is 1. The molecule has 0 saturated carbocycles. The number of hydrogen-bond acceptors (Lipinski definition) is 3. The van der Waals surface area contributed by atoms with E-state index in [0.29, 0.717) is 5.56 Å². The van der Waals surface area contributed by atoms with E-state index in [2.05, 4.69) is 30.6 Å². The summed E-state index contributed by atoms with van der Waals surface area (Å²) >= 11 is 3.35. The summed E-state index contributed by atoms with van der Waals surface area (Å²) in [5, 5.41) is 0.868. The molecule has 2 aromatic rings. The summed E-state index contributed by atoms with van der Waals surface area (Å²) in [5.41, 5.74) is 1.19. The molecule has 0 unspecified atom stereocenters. The van der Waals surface area contributed by atoms with Gasteiger partial charge in [0.15, 0.2) is 0 Å². The molecular formula is C9H7BrN2O2. The molecule has 4 nitrogen and oxygen atoms in total. The van der Waals surface area contributed by atoms with Crippen LogP contribution in [0.3, 0.4) is 0 Å². The number of carbonyl (C=O) groups excluding carboxylic acids is 1. The molecule has 0 atom stereocenters. The van der Waals surface area contributed by atoms with E-state index in [4.69, 9.17) is 0 Å². The lowest BCUT2D eigenvalue weighted by Crippen LogP contribution is -2.01. The summed E-state index contributed by atoms with van der Waals surface area (Å²) in [6.45, 7) is 0. The van der Waals surface area contributed by atoms with Gasteiger partial charge >= 0.3 is 5.97 Å². The summed E-state index contributed by atoms with van der Waals surface area (Å²) in [4.78, 5) is 18.2. The molecule has 0 saturated heterocycles. The number of rotatable bonds is 1. The Morgan fingerprint density at radius 3 is 3.14 bits per heavy atom. The fourth-order valence-corrected chi connectivity index (χ4v) is 1.62. The number of fused-ring (bicyclic) bond motifs is 1. The van der Waals surface area contributed by atoms with Crippen LogP contribution in [0.15, 0.2) is 22.9 Å². The molecule has 0 radical (unpaired) electrons. The zero-order chi connectivity index (χ0) is 10.1. The number of halogens is 1. The minimum absolute atomic E-state index is 0.382. The average molecular weight is 255 g/mol. The molecule has 0 aromatic carbocycles. The molecule has 0 spiro atoms. The number of aromatic amines is 1. The maximum absolute atomic E-state index is 11.2. The van der Waals surface area contributed by atoms with Gasteiger partial charge in [0.2, 0.25) is 0 Å². The molecule has 2 rings (SSSR count). The SMILES string of the molecule is COC(=O)c1cnc2[nH]cc(Br)c2c1. The van der Waals surface area contributed by atoms with E-state index in [1.807, 2.05) is 0 Å². The minimum Gasteiger partial charge on any atom is -0.465 e. The minimum atomic E-state index is -0.382. The van der Waals surface area contributed by atoms with E-state index < -0.39 is 0 Å². The molecule has 5 heteroatoms. The Morgan fingerprint density at radius 2 is 2.43 bits per heavy atom. The first kappa shape index (κ1) is 9.21. The molecule has 1 N–H and O–H groups in total. The standard InChI is InChI=1S/C9H7BrN2O2/c1-14-9(13)5-2-6-7(10)4-12-8(6)11-3-5/h2-4H,1H3,(H,11,12). The first-order chi connectivity index (χ1) is 6.72. The molecule has 0 aliphatic heterocycles. The lowest BCUT2D eigenvalue weighted by atomic mass is 10.2. The number of hydrogen-bond donors (Lipinski definition) is 1. The second-order valence-electron chi connectivity index (χ2n) is 2.75. The fourth-order valence-electron chi connectivity index (χ4n) is 1.20. The Bertz CT molecular complexity index is 493. The Balaban J connectivity index is 2.60. The molecule has 14 heavy (non-hydrogen) atoms. The highest BCUT2D eigenvalue weighted by molar-refractivity contribution is 9.10. The van der Waals surface area contributed by atoms with Crippen molar-refractivity contribution in [1.82, 2.24) is 9.97 Å². The number of aromatic nitrogens is 2. The maximum atomic E-state index is 11.2. The van der Waals surface area contributed by atoms with Crippen LogP contribution in [0.5, 0.6) is 0 Å². The van der Waals surface area contributed by atoms with E-state index >= 15 is 0 Å². The largest absolute Gasteiger partial charge is 0.465 e. The first-order valence-corrected chi connectivity index (χ1v) is 4.72. The molecule has 0 aliphatic rings. The number of nitrogens with zero attached hydrogens (tertiary/aromatic N) is 1. The van der Waals surface area contributed by atoms with Crippen LogP contribution in [-0.2, 0) is 4.74 Å². The van der Waals surface area contributed by atoms with Gasteiger partial charge in [0.1, 0.15) is 5.65 Å². The van der Waals surface area contributed by atoms with Crippen LogP contribution in [-0.4, -0.2) is 23.0 Å². The van der Waals surface area contributed by atoms with Crippen molar-refractivity contribution in [2.45, 2.75) is 0 Å². The van der Waals surface area contributed by atoms with Gasteiger partial charge in [-0.25, -0.2) is 9.78 Å². The third-order valence-corrected chi connectivity index (χ3v) is 2.56. The summed E-state index contributed by atoms with van der Waals surface area (Å²) in [6, 6.07) is 1.73. The Morgan fingerprint density at radius 1 is 1.64 bits per heavy atom. The molecule has 2 heterocycles. The van der Waals surface area contributed by atoms with Crippen molar-refractivity contribution >= 4 is 32.9 Å². The van der Waals surface area contributed by atoms with E-state index in [1.54, 1.807) is 12.3 Å². The van der Waals surface area contributed by atoms with Crippen molar-refractivity contribution in [3.8, 4) is 0 Å². The van der Waals surface area contributed by atoms with Gasteiger partial charge in [0.05, 0.1) is 12.7 Å². The van der Waals surface area contributed by atoms with Gasteiger partial charge < -0.3 is 9.72 Å². The Labute approximate surface area is 88.4 Å². The van der Waals surface area contributed by atoms with Crippen molar-refractivity contribution in [3.05, 3.63) is 28.5 Å². The van der Waals surface area contributed by atoms with Gasteiger partial charge in [0.25, 0.3) is 0 Å². The van der Waals surface area contributed by atoms with Gasteiger partial charge in [-0.05, 0) is 22.0 Å². The van der Waals surface area contributed by atoms with Crippen molar-refractivity contribution in [2.24, 2.45) is 0 Å². The van der Waals surface area contributed by atoms with Gasteiger partial charge in [-0.3, -0.25) is 0 Å². The van der Waals surface area contributed by atoms with Gasteiger partial charge in [-0.1, -0.05) is 0 Å². The smallest absolute Gasteiger partial charge is 0.339 e. The van der Waals surface area contributed by atoms with Gasteiger partial charge in [0, 0.05) is 22.3 Å². The van der Waals surface area contributed by atoms with Crippen molar-refractivity contribution in [2.75, 3.05) is 7.11 Å². The lowest BCUT2D eigenvalue weighted by molar-refractivity contribution is 0.0600. The predicted octanol–water partition coefficient (Wildman–Crippen LogP) is 2.11. The van der Waals surface area contributed by atoms with Crippen molar-refractivity contribution < 1.29 is 9.53 Å². The molecule has 0 fully saturated rings. The monoisotopic (exact) mass is 254 g/mol.